The first-order chi connectivity index (χ1) is 20.1. The van der Waals surface area contributed by atoms with E-state index in [0.29, 0.717) is 55.3 Å². The first-order valence-electron chi connectivity index (χ1n) is 12.8. The van der Waals surface area contributed by atoms with Crippen LogP contribution >= 0.6 is 22.9 Å². The molecule has 11 heteroatoms. The lowest BCUT2D eigenvalue weighted by molar-refractivity contribution is 0.0699. The molecule has 0 bridgehead atoms. The van der Waals surface area contributed by atoms with E-state index in [4.69, 9.17) is 16.3 Å². The van der Waals surface area contributed by atoms with Gasteiger partial charge in [-0.1, -0.05) is 11.6 Å². The number of nitriles is 2. The van der Waals surface area contributed by atoms with E-state index in [2.05, 4.69) is 17.1 Å². The Morgan fingerprint density at radius 2 is 1.95 bits per heavy atom. The second-order valence-electron chi connectivity index (χ2n) is 9.93. The highest BCUT2D eigenvalue weighted by molar-refractivity contribution is 7.18. The van der Waals surface area contributed by atoms with Gasteiger partial charge in [0, 0.05) is 45.5 Å². The summed E-state index contributed by atoms with van der Waals surface area (Å²) in [6.07, 6.45) is 1.55. The lowest BCUT2D eigenvalue weighted by Gasteiger charge is -2.18. The lowest BCUT2D eigenvalue weighted by Crippen LogP contribution is -2.26. The molecule has 0 spiro atoms. The maximum Gasteiger partial charge on any atom is 0.338 e. The Balaban J connectivity index is 1.51. The van der Waals surface area contributed by atoms with Crippen LogP contribution in [-0.2, 0) is 13.1 Å². The van der Waals surface area contributed by atoms with Crippen molar-refractivity contribution < 1.29 is 14.6 Å². The second-order valence-corrected chi connectivity index (χ2v) is 11.2. The highest BCUT2D eigenvalue weighted by atomic mass is 35.5. The molecule has 0 aliphatic rings. The summed E-state index contributed by atoms with van der Waals surface area (Å²) < 4.78 is 8.44. The Labute approximate surface area is 250 Å². The molecule has 3 heterocycles. The number of aromatic carboxylic acids is 1. The number of pyridine rings is 2. The average Bonchev–Trinajstić information content (AvgIpc) is 3.40. The summed E-state index contributed by atoms with van der Waals surface area (Å²) in [7, 11) is 3.67. The predicted molar refractivity (Wildman–Crippen MR) is 162 cm³/mol. The molecule has 42 heavy (non-hydrogen) atoms. The fourth-order valence-electron chi connectivity index (χ4n) is 5.05. The Morgan fingerprint density at radius 1 is 1.17 bits per heavy atom. The highest BCUT2D eigenvalue weighted by Crippen LogP contribution is 2.39. The minimum Gasteiger partial charge on any atom is -0.491 e. The largest absolute Gasteiger partial charge is 0.491 e. The van der Waals surface area contributed by atoms with Crippen molar-refractivity contribution >= 4 is 49.9 Å². The summed E-state index contributed by atoms with van der Waals surface area (Å²) in [6.45, 7) is 2.47. The molecule has 0 amide bonds. The molecule has 5 rings (SSSR count). The van der Waals surface area contributed by atoms with E-state index in [1.54, 1.807) is 59.5 Å². The van der Waals surface area contributed by atoms with Crippen LogP contribution in [0.5, 0.6) is 5.75 Å². The van der Waals surface area contributed by atoms with Gasteiger partial charge in [0.05, 0.1) is 44.9 Å². The Bertz CT molecular complexity index is 2030. The maximum absolute atomic E-state index is 13.7. The lowest BCUT2D eigenvalue weighted by atomic mass is 9.95. The molecule has 9 nitrogen and oxygen atoms in total. The quantitative estimate of drug-likeness (QED) is 0.236. The zero-order valence-corrected chi connectivity index (χ0v) is 24.5. The minimum absolute atomic E-state index is 0.125. The summed E-state index contributed by atoms with van der Waals surface area (Å²) in [6, 6.07) is 14.8. The van der Waals surface area contributed by atoms with Gasteiger partial charge in [-0.05, 0) is 62.8 Å². The van der Waals surface area contributed by atoms with Gasteiger partial charge >= 0.3 is 5.97 Å². The smallest absolute Gasteiger partial charge is 0.338 e. The van der Waals surface area contributed by atoms with Crippen LogP contribution in [0, 0.1) is 29.6 Å². The normalized spacial score (nSPS) is 11.1. The number of carbonyl (C=O) groups is 1. The molecule has 210 valence electrons. The van der Waals surface area contributed by atoms with Gasteiger partial charge in [0.25, 0.3) is 5.56 Å². The van der Waals surface area contributed by atoms with E-state index in [9.17, 15) is 25.2 Å². The predicted octanol–water partition coefficient (Wildman–Crippen LogP) is 5.82. The van der Waals surface area contributed by atoms with Crippen molar-refractivity contribution in [3.63, 3.8) is 0 Å². The number of aryl methyl sites for hydroxylation is 1. The molecule has 0 saturated carbocycles. The van der Waals surface area contributed by atoms with Gasteiger partial charge in [0.15, 0.2) is 0 Å². The molecule has 0 aliphatic carbocycles. The number of carboxylic acid groups (broad SMARTS) is 1. The van der Waals surface area contributed by atoms with Crippen molar-refractivity contribution in [2.24, 2.45) is 0 Å². The van der Waals surface area contributed by atoms with Crippen LogP contribution in [0.15, 0.2) is 52.8 Å². The molecule has 0 radical (unpaired) electrons. The number of thiophene rings is 1. The van der Waals surface area contributed by atoms with Gasteiger partial charge < -0.3 is 19.3 Å². The van der Waals surface area contributed by atoms with Crippen molar-refractivity contribution in [3.05, 3.63) is 91.3 Å². The molecular weight excluding hydrogens is 574 g/mol. The third-order valence-corrected chi connectivity index (χ3v) is 8.15. The van der Waals surface area contributed by atoms with E-state index in [1.807, 2.05) is 19.0 Å². The SMILES string of the molecule is Cc1cc2cc(C#N)c(CN(C)C)c(C#N)c2c(=O)n1CCOc1ccc(Cl)cc1-c1ccnc2c(C(=O)O)csc12. The summed E-state index contributed by atoms with van der Waals surface area (Å²) in [4.78, 5) is 31.5. The van der Waals surface area contributed by atoms with E-state index >= 15 is 0 Å². The third kappa shape index (κ3) is 5.19. The Kier molecular flexibility index (Phi) is 7.97. The molecule has 3 aromatic heterocycles. The number of halogens is 1. The van der Waals surface area contributed by atoms with Gasteiger partial charge in [-0.15, -0.1) is 11.3 Å². The summed E-state index contributed by atoms with van der Waals surface area (Å²) >= 11 is 7.62. The highest BCUT2D eigenvalue weighted by Gasteiger charge is 2.20. The number of hydrogen-bond donors (Lipinski definition) is 1. The third-order valence-electron chi connectivity index (χ3n) is 6.91. The molecule has 0 saturated heterocycles. The van der Waals surface area contributed by atoms with Gasteiger partial charge in [0.2, 0.25) is 0 Å². The van der Waals surface area contributed by atoms with Gasteiger partial charge in [-0.3, -0.25) is 9.78 Å². The molecule has 0 aliphatic heterocycles. The molecule has 5 aromatic rings. The fourth-order valence-corrected chi connectivity index (χ4v) is 6.25. The molecule has 0 fully saturated rings. The van der Waals surface area contributed by atoms with E-state index in [0.717, 1.165) is 5.56 Å². The molecule has 2 aromatic carbocycles. The van der Waals surface area contributed by atoms with Crippen molar-refractivity contribution in [1.29, 1.82) is 10.5 Å². The van der Waals surface area contributed by atoms with Gasteiger partial charge in [-0.2, -0.15) is 10.5 Å². The molecular formula is C31H24ClN5O4S. The van der Waals surface area contributed by atoms with Crippen LogP contribution in [-0.4, -0.2) is 46.2 Å². The van der Waals surface area contributed by atoms with Gasteiger partial charge in [-0.25, -0.2) is 4.79 Å². The number of hydrogen-bond acceptors (Lipinski definition) is 8. The van der Waals surface area contributed by atoms with Crippen molar-refractivity contribution in [3.8, 4) is 29.0 Å². The number of aromatic nitrogens is 2. The van der Waals surface area contributed by atoms with Crippen LogP contribution in [0.2, 0.25) is 5.02 Å². The number of ether oxygens (including phenoxy) is 1. The van der Waals surface area contributed by atoms with Crippen molar-refractivity contribution in [2.45, 2.75) is 20.0 Å². The summed E-state index contributed by atoms with van der Waals surface area (Å²) in [5, 5.41) is 32.1. The van der Waals surface area contributed by atoms with Crippen molar-refractivity contribution in [1.82, 2.24) is 14.5 Å². The summed E-state index contributed by atoms with van der Waals surface area (Å²) in [5.41, 5.74) is 3.34. The number of carboxylic acids is 1. The van der Waals surface area contributed by atoms with Crippen LogP contribution in [0.1, 0.15) is 32.7 Å². The topological polar surface area (TPSA) is 132 Å². The fraction of sp³-hybridized carbons (Fsp3) is 0.194. The molecule has 1 N–H and O–H groups in total. The van der Waals surface area contributed by atoms with Gasteiger partial charge in [0.1, 0.15) is 18.4 Å². The molecule has 0 unspecified atom stereocenters. The zero-order chi connectivity index (χ0) is 30.1. The van der Waals surface area contributed by atoms with E-state index in [1.165, 1.54) is 11.3 Å². The number of rotatable bonds is 8. The van der Waals surface area contributed by atoms with E-state index in [-0.39, 0.29) is 35.2 Å². The standard InChI is InChI=1S/C31H24ClN5O4S/c1-17-10-18-11-19(13-33)24(15-36(2)3)23(14-34)27(18)30(38)37(17)8-9-41-26-5-4-20(32)12-22(26)21-6-7-35-28-25(31(39)40)16-42-29(21)28/h4-7,10-12,16H,8-9,15H2,1-3H3,(H,39,40). The Morgan fingerprint density at radius 3 is 2.64 bits per heavy atom. The minimum atomic E-state index is -1.05. The summed E-state index contributed by atoms with van der Waals surface area (Å²) in [5.74, 6) is -0.546. The monoisotopic (exact) mass is 597 g/mol. The first kappa shape index (κ1) is 28.8. The van der Waals surface area contributed by atoms with E-state index < -0.39 is 5.97 Å². The molecule has 0 atom stereocenters. The number of nitrogens with zero attached hydrogens (tertiary/aromatic N) is 5. The number of fused-ring (bicyclic) bond motifs is 2. The average molecular weight is 598 g/mol. The Hall–Kier alpha value is -4.74. The zero-order valence-electron chi connectivity index (χ0n) is 22.9. The van der Waals surface area contributed by atoms with Crippen LogP contribution in [0.3, 0.4) is 0 Å². The van der Waals surface area contributed by atoms with Crippen molar-refractivity contribution in [2.75, 3.05) is 20.7 Å². The maximum atomic E-state index is 13.7. The van der Waals surface area contributed by atoms with Crippen LogP contribution in [0.4, 0.5) is 0 Å². The first-order valence-corrected chi connectivity index (χ1v) is 14.1. The van der Waals surface area contributed by atoms with Crippen LogP contribution < -0.4 is 10.3 Å². The van der Waals surface area contributed by atoms with Crippen LogP contribution in [0.25, 0.3) is 32.1 Å². The second kappa shape index (κ2) is 11.6. The number of benzene rings is 2.